The van der Waals surface area contributed by atoms with E-state index in [2.05, 4.69) is 34.5 Å². The van der Waals surface area contributed by atoms with Gasteiger partial charge in [0.2, 0.25) is 5.89 Å². The summed E-state index contributed by atoms with van der Waals surface area (Å²) in [5.41, 5.74) is 2.52. The molecule has 1 aliphatic rings. The molecule has 0 aliphatic heterocycles. The first-order valence-electron chi connectivity index (χ1n) is 7.40. The van der Waals surface area contributed by atoms with Gasteiger partial charge < -0.3 is 9.84 Å². The minimum atomic E-state index is 0.627. The number of rotatable bonds is 5. The summed E-state index contributed by atoms with van der Waals surface area (Å²) in [6, 6.07) is 8.94. The Kier molecular flexibility index (Phi) is 4.11. The van der Waals surface area contributed by atoms with Crippen molar-refractivity contribution in [3.63, 3.8) is 0 Å². The molecule has 0 spiro atoms. The van der Waals surface area contributed by atoms with Crippen LogP contribution >= 0.6 is 0 Å². The Morgan fingerprint density at radius 2 is 2.05 bits per heavy atom. The summed E-state index contributed by atoms with van der Waals surface area (Å²) in [5.74, 6) is 1.46. The molecule has 4 heteroatoms. The molecule has 1 saturated carbocycles. The van der Waals surface area contributed by atoms with Crippen molar-refractivity contribution < 1.29 is 4.52 Å². The molecule has 0 atom stereocenters. The Bertz CT molecular complexity index is 558. The molecule has 1 heterocycles. The zero-order valence-electron chi connectivity index (χ0n) is 11.9. The van der Waals surface area contributed by atoms with E-state index >= 15 is 0 Å². The van der Waals surface area contributed by atoms with Crippen molar-refractivity contribution in [2.24, 2.45) is 0 Å². The first-order valence-corrected chi connectivity index (χ1v) is 7.40. The zero-order valence-corrected chi connectivity index (χ0v) is 11.9. The van der Waals surface area contributed by atoms with Gasteiger partial charge in [0.1, 0.15) is 0 Å². The Balaban J connectivity index is 1.57. The average molecular weight is 271 g/mol. The molecule has 1 N–H and O–H groups in total. The normalized spacial score (nSPS) is 15.8. The zero-order chi connectivity index (χ0) is 13.8. The number of hydrogen-bond donors (Lipinski definition) is 1. The topological polar surface area (TPSA) is 51.0 Å². The third-order valence-corrected chi connectivity index (χ3v) is 4.02. The quantitative estimate of drug-likeness (QED) is 0.908. The molecule has 20 heavy (non-hydrogen) atoms. The van der Waals surface area contributed by atoms with Gasteiger partial charge in [-0.15, -0.1) is 0 Å². The van der Waals surface area contributed by atoms with Gasteiger partial charge in [-0.1, -0.05) is 42.3 Å². The molecule has 0 amide bonds. The van der Waals surface area contributed by atoms with E-state index in [1.54, 1.807) is 0 Å². The van der Waals surface area contributed by atoms with Crippen molar-refractivity contribution >= 4 is 0 Å². The summed E-state index contributed by atoms with van der Waals surface area (Å²) < 4.78 is 5.31. The van der Waals surface area contributed by atoms with Gasteiger partial charge in [0.15, 0.2) is 5.82 Å². The minimum absolute atomic E-state index is 0.627. The van der Waals surface area contributed by atoms with Gasteiger partial charge in [0, 0.05) is 12.5 Å². The molecular weight excluding hydrogens is 250 g/mol. The molecule has 106 valence electrons. The molecule has 4 nitrogen and oxygen atoms in total. The highest BCUT2D eigenvalue weighted by Gasteiger charge is 2.15. The SMILES string of the molecule is Cc1ccccc1Cc1noc(CNC2CCCC2)n1. The van der Waals surface area contributed by atoms with Gasteiger partial charge >= 0.3 is 0 Å². The van der Waals surface area contributed by atoms with E-state index in [0.717, 1.165) is 12.2 Å². The lowest BCUT2D eigenvalue weighted by atomic mass is 10.1. The van der Waals surface area contributed by atoms with E-state index < -0.39 is 0 Å². The standard InChI is InChI=1S/C16H21N3O/c1-12-6-2-3-7-13(12)10-15-18-16(20-19-15)11-17-14-8-4-5-9-14/h2-3,6-7,14,17H,4-5,8-11H2,1H3. The van der Waals surface area contributed by atoms with Crippen molar-refractivity contribution in [1.82, 2.24) is 15.5 Å². The molecule has 1 aromatic heterocycles. The number of aryl methyl sites for hydroxylation is 1. The van der Waals surface area contributed by atoms with Crippen LogP contribution in [0.4, 0.5) is 0 Å². The van der Waals surface area contributed by atoms with Crippen molar-refractivity contribution in [1.29, 1.82) is 0 Å². The molecule has 3 rings (SSSR count). The van der Waals surface area contributed by atoms with Crippen LogP contribution in [0.2, 0.25) is 0 Å². The van der Waals surface area contributed by atoms with E-state index in [-0.39, 0.29) is 0 Å². The smallest absolute Gasteiger partial charge is 0.240 e. The van der Waals surface area contributed by atoms with Crippen LogP contribution in [0, 0.1) is 6.92 Å². The fourth-order valence-electron chi connectivity index (χ4n) is 2.77. The number of benzene rings is 1. The van der Waals surface area contributed by atoms with Crippen molar-refractivity contribution in [2.45, 2.75) is 51.6 Å². The molecule has 1 aliphatic carbocycles. The molecule has 0 bridgehead atoms. The summed E-state index contributed by atoms with van der Waals surface area (Å²) in [6.07, 6.45) is 5.94. The third kappa shape index (κ3) is 3.25. The molecular formula is C16H21N3O. The van der Waals surface area contributed by atoms with Gasteiger partial charge in [-0.05, 0) is 30.9 Å². The maximum atomic E-state index is 5.31. The maximum absolute atomic E-state index is 5.31. The van der Waals surface area contributed by atoms with E-state index in [4.69, 9.17) is 4.52 Å². The molecule has 0 saturated heterocycles. The Hall–Kier alpha value is -1.68. The molecule has 0 radical (unpaired) electrons. The largest absolute Gasteiger partial charge is 0.338 e. The van der Waals surface area contributed by atoms with E-state index in [0.29, 0.717) is 18.5 Å². The monoisotopic (exact) mass is 271 g/mol. The van der Waals surface area contributed by atoms with Crippen molar-refractivity contribution in [2.75, 3.05) is 0 Å². The molecule has 0 unspecified atom stereocenters. The van der Waals surface area contributed by atoms with Crippen LogP contribution in [-0.2, 0) is 13.0 Å². The number of aromatic nitrogens is 2. The van der Waals surface area contributed by atoms with Crippen molar-refractivity contribution in [3.8, 4) is 0 Å². The third-order valence-electron chi connectivity index (χ3n) is 4.02. The fraction of sp³-hybridized carbons (Fsp3) is 0.500. The maximum Gasteiger partial charge on any atom is 0.240 e. The summed E-state index contributed by atoms with van der Waals surface area (Å²) in [6.45, 7) is 2.80. The Labute approximate surface area is 119 Å². The van der Waals surface area contributed by atoms with Crippen LogP contribution in [0.15, 0.2) is 28.8 Å². The highest BCUT2D eigenvalue weighted by atomic mass is 16.5. The second-order valence-electron chi connectivity index (χ2n) is 5.57. The fourth-order valence-corrected chi connectivity index (χ4v) is 2.77. The first-order chi connectivity index (χ1) is 9.81. The van der Waals surface area contributed by atoms with E-state index in [1.165, 1.54) is 36.8 Å². The number of nitrogens with one attached hydrogen (secondary N) is 1. The first kappa shape index (κ1) is 13.3. The second-order valence-corrected chi connectivity index (χ2v) is 5.57. The highest BCUT2D eigenvalue weighted by Crippen LogP contribution is 2.18. The number of nitrogens with zero attached hydrogens (tertiary/aromatic N) is 2. The molecule has 2 aromatic rings. The van der Waals surface area contributed by atoms with Crippen LogP contribution in [-0.4, -0.2) is 16.2 Å². The van der Waals surface area contributed by atoms with E-state index in [9.17, 15) is 0 Å². The second kappa shape index (κ2) is 6.18. The summed E-state index contributed by atoms with van der Waals surface area (Å²) in [7, 11) is 0. The van der Waals surface area contributed by atoms with E-state index in [1.807, 2.05) is 12.1 Å². The van der Waals surface area contributed by atoms with Crippen LogP contribution < -0.4 is 5.32 Å². The van der Waals surface area contributed by atoms with Crippen LogP contribution in [0.3, 0.4) is 0 Å². The van der Waals surface area contributed by atoms with Crippen LogP contribution in [0.1, 0.15) is 48.5 Å². The van der Waals surface area contributed by atoms with Gasteiger partial charge in [0.05, 0.1) is 6.54 Å². The lowest BCUT2D eigenvalue weighted by Gasteiger charge is -2.08. The Morgan fingerprint density at radius 3 is 2.85 bits per heavy atom. The van der Waals surface area contributed by atoms with Gasteiger partial charge in [-0.25, -0.2) is 0 Å². The Morgan fingerprint density at radius 1 is 1.25 bits per heavy atom. The highest BCUT2D eigenvalue weighted by molar-refractivity contribution is 5.27. The van der Waals surface area contributed by atoms with Crippen LogP contribution in [0.25, 0.3) is 0 Å². The predicted octanol–water partition coefficient (Wildman–Crippen LogP) is 3.00. The van der Waals surface area contributed by atoms with Gasteiger partial charge in [0.25, 0.3) is 0 Å². The predicted molar refractivity (Wildman–Crippen MR) is 77.4 cm³/mol. The molecule has 1 fully saturated rings. The summed E-state index contributed by atoms with van der Waals surface area (Å²) >= 11 is 0. The van der Waals surface area contributed by atoms with Gasteiger partial charge in [-0.3, -0.25) is 0 Å². The van der Waals surface area contributed by atoms with Crippen LogP contribution in [0.5, 0.6) is 0 Å². The lowest BCUT2D eigenvalue weighted by molar-refractivity contribution is 0.353. The lowest BCUT2D eigenvalue weighted by Crippen LogP contribution is -2.25. The summed E-state index contributed by atoms with van der Waals surface area (Å²) in [4.78, 5) is 4.47. The average Bonchev–Trinajstić information content (AvgIpc) is 3.10. The summed E-state index contributed by atoms with van der Waals surface area (Å²) in [5, 5.41) is 7.56. The minimum Gasteiger partial charge on any atom is -0.338 e. The number of hydrogen-bond acceptors (Lipinski definition) is 4. The molecule has 1 aromatic carbocycles. The van der Waals surface area contributed by atoms with Crippen molar-refractivity contribution in [3.05, 3.63) is 47.1 Å². The van der Waals surface area contributed by atoms with Gasteiger partial charge in [-0.2, -0.15) is 4.98 Å².